The summed E-state index contributed by atoms with van der Waals surface area (Å²) in [5.41, 5.74) is 1.07. The van der Waals surface area contributed by atoms with Gasteiger partial charge in [-0.15, -0.1) is 11.3 Å². The third kappa shape index (κ3) is 2.81. The zero-order valence-electron chi connectivity index (χ0n) is 12.9. The number of hydrogen-bond acceptors (Lipinski definition) is 3. The second-order valence-corrected chi connectivity index (χ2v) is 6.87. The second-order valence-electron chi connectivity index (χ2n) is 5.78. The Morgan fingerprint density at radius 3 is 2.79 bits per heavy atom. The molecule has 0 radical (unpaired) electrons. The number of rotatable bonds is 2. The van der Waals surface area contributed by atoms with Crippen LogP contribution in [0.4, 0.5) is 4.39 Å². The number of nitrogens with zero attached hydrogens (tertiary/aromatic N) is 1. The first-order chi connectivity index (χ1) is 11.7. The van der Waals surface area contributed by atoms with Crippen molar-refractivity contribution in [2.24, 2.45) is 0 Å². The monoisotopic (exact) mass is 341 g/mol. The number of hydrogen-bond donors (Lipinski definition) is 0. The summed E-state index contributed by atoms with van der Waals surface area (Å²) in [5, 5.41) is 0.513. The van der Waals surface area contributed by atoms with E-state index in [0.717, 1.165) is 10.3 Å². The Labute approximate surface area is 143 Å². The van der Waals surface area contributed by atoms with Crippen LogP contribution in [0.25, 0.3) is 10.1 Å². The van der Waals surface area contributed by atoms with Gasteiger partial charge in [0.25, 0.3) is 5.91 Å². The van der Waals surface area contributed by atoms with Gasteiger partial charge in [-0.25, -0.2) is 4.39 Å². The van der Waals surface area contributed by atoms with Gasteiger partial charge in [-0.2, -0.15) is 0 Å². The molecule has 1 saturated heterocycles. The van der Waals surface area contributed by atoms with Gasteiger partial charge < -0.3 is 9.64 Å². The van der Waals surface area contributed by atoms with Crippen LogP contribution in [-0.4, -0.2) is 30.5 Å². The van der Waals surface area contributed by atoms with Gasteiger partial charge in [0.05, 0.1) is 18.0 Å². The molecule has 0 N–H and O–H groups in total. The van der Waals surface area contributed by atoms with Crippen LogP contribution in [0.3, 0.4) is 0 Å². The van der Waals surface area contributed by atoms with Crippen molar-refractivity contribution in [3.8, 4) is 0 Å². The van der Waals surface area contributed by atoms with Gasteiger partial charge in [-0.05, 0) is 23.8 Å². The highest BCUT2D eigenvalue weighted by Gasteiger charge is 2.27. The van der Waals surface area contributed by atoms with E-state index in [-0.39, 0.29) is 17.8 Å². The summed E-state index contributed by atoms with van der Waals surface area (Å²) in [4.78, 5) is 15.2. The van der Waals surface area contributed by atoms with Crippen molar-refractivity contribution in [1.82, 2.24) is 4.90 Å². The van der Waals surface area contributed by atoms with E-state index in [0.29, 0.717) is 30.0 Å². The molecule has 3 aromatic rings. The second kappa shape index (κ2) is 6.34. The SMILES string of the molecule is O=C(c1cc2c(F)cccc2s1)N1CCO[C@H](c2ccccc2)C1. The number of ether oxygens (including phenoxy) is 1. The van der Waals surface area contributed by atoms with Crippen LogP contribution in [0.5, 0.6) is 0 Å². The van der Waals surface area contributed by atoms with E-state index in [4.69, 9.17) is 4.74 Å². The van der Waals surface area contributed by atoms with Crippen LogP contribution in [0, 0.1) is 5.82 Å². The van der Waals surface area contributed by atoms with E-state index in [1.54, 1.807) is 17.0 Å². The van der Waals surface area contributed by atoms with Crippen LogP contribution >= 0.6 is 11.3 Å². The normalized spacial score (nSPS) is 18.0. The van der Waals surface area contributed by atoms with Gasteiger partial charge in [0.2, 0.25) is 0 Å². The Balaban J connectivity index is 1.58. The summed E-state index contributed by atoms with van der Waals surface area (Å²) in [6.07, 6.45) is -0.116. The van der Waals surface area contributed by atoms with Gasteiger partial charge in [0.1, 0.15) is 11.9 Å². The molecule has 0 saturated carbocycles. The van der Waals surface area contributed by atoms with Gasteiger partial charge in [0.15, 0.2) is 0 Å². The number of carbonyl (C=O) groups is 1. The first-order valence-electron chi connectivity index (χ1n) is 7.86. The van der Waals surface area contributed by atoms with Crippen molar-refractivity contribution in [1.29, 1.82) is 0 Å². The lowest BCUT2D eigenvalue weighted by Crippen LogP contribution is -2.42. The van der Waals surface area contributed by atoms with Gasteiger partial charge in [-0.1, -0.05) is 36.4 Å². The summed E-state index contributed by atoms with van der Waals surface area (Å²) >= 11 is 1.34. The predicted octanol–water partition coefficient (Wildman–Crippen LogP) is 4.25. The molecule has 1 atom stereocenters. The highest BCUT2D eigenvalue weighted by Crippen LogP contribution is 2.30. The molecule has 2 heterocycles. The Morgan fingerprint density at radius 1 is 1.17 bits per heavy atom. The van der Waals surface area contributed by atoms with Crippen molar-refractivity contribution in [3.63, 3.8) is 0 Å². The van der Waals surface area contributed by atoms with E-state index >= 15 is 0 Å². The average molecular weight is 341 g/mol. The van der Waals surface area contributed by atoms with Crippen LogP contribution in [0.1, 0.15) is 21.3 Å². The summed E-state index contributed by atoms with van der Waals surface area (Å²) < 4.78 is 20.5. The molecule has 122 valence electrons. The lowest BCUT2D eigenvalue weighted by molar-refractivity contribution is -0.0226. The van der Waals surface area contributed by atoms with Crippen LogP contribution < -0.4 is 0 Å². The topological polar surface area (TPSA) is 29.5 Å². The maximum absolute atomic E-state index is 13.9. The molecule has 1 aliphatic rings. The fraction of sp³-hybridized carbons (Fsp3) is 0.211. The maximum atomic E-state index is 13.9. The molecular formula is C19H16FNO2S. The molecule has 2 aromatic carbocycles. The van der Waals surface area contributed by atoms with Crippen LogP contribution in [0.2, 0.25) is 0 Å². The standard InChI is InChI=1S/C19H16FNO2S/c20-15-7-4-8-17-14(15)11-18(24-17)19(22)21-9-10-23-16(12-21)13-5-2-1-3-6-13/h1-8,11,16H,9-10,12H2/t16-/m0/s1. The maximum Gasteiger partial charge on any atom is 0.264 e. The molecule has 1 aliphatic heterocycles. The molecule has 24 heavy (non-hydrogen) atoms. The molecule has 1 fully saturated rings. The minimum atomic E-state index is -0.285. The molecule has 3 nitrogen and oxygen atoms in total. The third-order valence-electron chi connectivity index (χ3n) is 4.24. The summed E-state index contributed by atoms with van der Waals surface area (Å²) in [6, 6.07) is 16.5. The molecular weight excluding hydrogens is 325 g/mol. The number of thiophene rings is 1. The Kier molecular flexibility index (Phi) is 4.04. The highest BCUT2D eigenvalue weighted by atomic mass is 32.1. The van der Waals surface area contributed by atoms with Gasteiger partial charge in [0, 0.05) is 16.6 Å². The Morgan fingerprint density at radius 2 is 2.00 bits per heavy atom. The van der Waals surface area contributed by atoms with Gasteiger partial charge >= 0.3 is 0 Å². The van der Waals surface area contributed by atoms with Gasteiger partial charge in [-0.3, -0.25) is 4.79 Å². The predicted molar refractivity (Wildman–Crippen MR) is 92.8 cm³/mol. The van der Waals surface area contributed by atoms with E-state index in [9.17, 15) is 9.18 Å². The number of amides is 1. The molecule has 0 unspecified atom stereocenters. The first kappa shape index (κ1) is 15.3. The molecule has 0 bridgehead atoms. The Hall–Kier alpha value is -2.24. The van der Waals surface area contributed by atoms with Crippen LogP contribution in [0.15, 0.2) is 54.6 Å². The fourth-order valence-electron chi connectivity index (χ4n) is 2.99. The molecule has 0 aliphatic carbocycles. The molecule has 5 heteroatoms. The smallest absolute Gasteiger partial charge is 0.264 e. The van der Waals surface area contributed by atoms with Crippen molar-refractivity contribution in [2.75, 3.05) is 19.7 Å². The zero-order chi connectivity index (χ0) is 16.5. The van der Waals surface area contributed by atoms with Crippen molar-refractivity contribution in [3.05, 3.63) is 70.9 Å². The fourth-order valence-corrected chi connectivity index (χ4v) is 4.03. The highest BCUT2D eigenvalue weighted by molar-refractivity contribution is 7.20. The zero-order valence-corrected chi connectivity index (χ0v) is 13.8. The third-order valence-corrected chi connectivity index (χ3v) is 5.33. The summed E-state index contributed by atoms with van der Waals surface area (Å²) in [7, 11) is 0. The summed E-state index contributed by atoms with van der Waals surface area (Å²) in [5.74, 6) is -0.341. The minimum Gasteiger partial charge on any atom is -0.370 e. The van der Waals surface area contributed by atoms with E-state index in [2.05, 4.69) is 0 Å². The first-order valence-corrected chi connectivity index (χ1v) is 8.68. The Bertz CT molecular complexity index is 877. The summed E-state index contributed by atoms with van der Waals surface area (Å²) in [6.45, 7) is 1.57. The number of fused-ring (bicyclic) bond motifs is 1. The molecule has 1 amide bonds. The van der Waals surface area contributed by atoms with E-state index < -0.39 is 0 Å². The quantitative estimate of drug-likeness (QED) is 0.697. The van der Waals surface area contributed by atoms with Crippen molar-refractivity contribution >= 4 is 27.3 Å². The van der Waals surface area contributed by atoms with Crippen molar-refractivity contribution in [2.45, 2.75) is 6.10 Å². The largest absolute Gasteiger partial charge is 0.370 e. The van der Waals surface area contributed by atoms with Crippen LogP contribution in [-0.2, 0) is 4.74 Å². The van der Waals surface area contributed by atoms with E-state index in [1.807, 2.05) is 36.4 Å². The molecule has 1 aromatic heterocycles. The van der Waals surface area contributed by atoms with Crippen molar-refractivity contribution < 1.29 is 13.9 Å². The number of morpholine rings is 1. The number of benzene rings is 2. The number of carbonyl (C=O) groups excluding carboxylic acids is 1. The minimum absolute atomic E-state index is 0.0557. The molecule has 0 spiro atoms. The lowest BCUT2D eigenvalue weighted by Gasteiger charge is -2.33. The van der Waals surface area contributed by atoms with E-state index in [1.165, 1.54) is 17.4 Å². The lowest BCUT2D eigenvalue weighted by atomic mass is 10.1. The average Bonchev–Trinajstić information content (AvgIpc) is 3.08. The number of halogens is 1. The molecule has 4 rings (SSSR count).